The molecule has 2 aromatic rings. The van der Waals surface area contributed by atoms with Crippen molar-refractivity contribution in [2.75, 3.05) is 24.1 Å². The summed E-state index contributed by atoms with van der Waals surface area (Å²) in [5.74, 6) is -0.0261. The highest BCUT2D eigenvalue weighted by atomic mass is 16.1. The summed E-state index contributed by atoms with van der Waals surface area (Å²) in [6.45, 7) is 4.70. The molecular weight excluding hydrogens is 240 g/mol. The first-order valence-electron chi connectivity index (χ1n) is 6.21. The molecule has 0 spiro atoms. The number of rotatable bonds is 4. The number of aromatic nitrogens is 1. The van der Waals surface area contributed by atoms with Crippen LogP contribution in [0.2, 0.25) is 0 Å². The van der Waals surface area contributed by atoms with Crippen molar-refractivity contribution < 1.29 is 4.79 Å². The molecule has 1 aromatic carbocycles. The second kappa shape index (κ2) is 5.56. The summed E-state index contributed by atoms with van der Waals surface area (Å²) in [7, 11) is 0. The predicted molar refractivity (Wildman–Crippen MR) is 78.1 cm³/mol. The van der Waals surface area contributed by atoms with Crippen LogP contribution < -0.4 is 16.4 Å². The number of pyridine rings is 1. The van der Waals surface area contributed by atoms with Crippen molar-refractivity contribution in [3.05, 3.63) is 30.0 Å². The number of aryl methyl sites for hydroxylation is 1. The van der Waals surface area contributed by atoms with Crippen molar-refractivity contribution in [2.24, 2.45) is 0 Å². The molecule has 2 rings (SSSR count). The number of nitrogens with one attached hydrogen (secondary N) is 2. The molecule has 0 saturated carbocycles. The van der Waals surface area contributed by atoms with E-state index in [1.165, 1.54) is 6.92 Å². The van der Waals surface area contributed by atoms with Gasteiger partial charge in [-0.3, -0.25) is 9.78 Å². The van der Waals surface area contributed by atoms with E-state index in [0.29, 0.717) is 18.8 Å². The first-order valence-corrected chi connectivity index (χ1v) is 6.21. The molecule has 0 bridgehead atoms. The highest BCUT2D eigenvalue weighted by molar-refractivity contribution is 5.93. The van der Waals surface area contributed by atoms with E-state index >= 15 is 0 Å². The lowest BCUT2D eigenvalue weighted by Gasteiger charge is -2.11. The first-order chi connectivity index (χ1) is 9.06. The maximum absolute atomic E-state index is 10.8. The van der Waals surface area contributed by atoms with Crippen LogP contribution in [-0.4, -0.2) is 24.0 Å². The molecule has 0 fully saturated rings. The zero-order chi connectivity index (χ0) is 13.8. The van der Waals surface area contributed by atoms with Crippen LogP contribution in [0, 0.1) is 6.92 Å². The van der Waals surface area contributed by atoms with Gasteiger partial charge < -0.3 is 16.4 Å². The maximum Gasteiger partial charge on any atom is 0.216 e. The maximum atomic E-state index is 10.8. The molecule has 0 aliphatic carbocycles. The Labute approximate surface area is 112 Å². The summed E-state index contributed by atoms with van der Waals surface area (Å²) in [5.41, 5.74) is 9.37. The minimum Gasteiger partial charge on any atom is -0.399 e. The quantitative estimate of drug-likeness (QED) is 0.575. The number of fused-ring (bicyclic) bond motifs is 1. The fourth-order valence-corrected chi connectivity index (χ4v) is 1.96. The van der Waals surface area contributed by atoms with Gasteiger partial charge in [0.15, 0.2) is 0 Å². The van der Waals surface area contributed by atoms with Gasteiger partial charge in [0.05, 0.1) is 5.52 Å². The Morgan fingerprint density at radius 2 is 2.11 bits per heavy atom. The molecule has 4 N–H and O–H groups in total. The van der Waals surface area contributed by atoms with Crippen LogP contribution in [0.4, 0.5) is 11.4 Å². The van der Waals surface area contributed by atoms with Crippen LogP contribution in [0.5, 0.6) is 0 Å². The minimum absolute atomic E-state index is 0.0261. The monoisotopic (exact) mass is 258 g/mol. The van der Waals surface area contributed by atoms with Gasteiger partial charge in [-0.25, -0.2) is 0 Å². The Hall–Kier alpha value is -2.30. The average Bonchev–Trinajstić information content (AvgIpc) is 2.35. The van der Waals surface area contributed by atoms with Crippen molar-refractivity contribution in [3.8, 4) is 0 Å². The Morgan fingerprint density at radius 3 is 2.84 bits per heavy atom. The van der Waals surface area contributed by atoms with Crippen LogP contribution in [-0.2, 0) is 4.79 Å². The molecule has 0 aliphatic heterocycles. The SMILES string of the molecule is CC(=O)NCCNc1cc(C)nc2ccc(N)cc12. The fourth-order valence-electron chi connectivity index (χ4n) is 1.96. The average molecular weight is 258 g/mol. The summed E-state index contributed by atoms with van der Waals surface area (Å²) in [5, 5.41) is 7.04. The van der Waals surface area contributed by atoms with Crippen molar-refractivity contribution >= 4 is 28.2 Å². The van der Waals surface area contributed by atoms with Gasteiger partial charge >= 0.3 is 0 Å². The zero-order valence-electron chi connectivity index (χ0n) is 11.2. The van der Waals surface area contributed by atoms with Gasteiger partial charge in [-0.2, -0.15) is 0 Å². The molecule has 19 heavy (non-hydrogen) atoms. The van der Waals surface area contributed by atoms with Gasteiger partial charge in [-0.1, -0.05) is 0 Å². The van der Waals surface area contributed by atoms with Gasteiger partial charge in [-0.05, 0) is 31.2 Å². The lowest BCUT2D eigenvalue weighted by Crippen LogP contribution is -2.26. The number of nitrogens with two attached hydrogens (primary N) is 1. The van der Waals surface area contributed by atoms with Gasteiger partial charge in [0.1, 0.15) is 0 Å². The molecule has 0 saturated heterocycles. The zero-order valence-corrected chi connectivity index (χ0v) is 11.2. The highest BCUT2D eigenvalue weighted by Gasteiger charge is 2.04. The van der Waals surface area contributed by atoms with Crippen LogP contribution in [0.1, 0.15) is 12.6 Å². The summed E-state index contributed by atoms with van der Waals surface area (Å²) >= 11 is 0. The Bertz CT molecular complexity index is 610. The van der Waals surface area contributed by atoms with Gasteiger partial charge in [0.2, 0.25) is 5.91 Å². The van der Waals surface area contributed by atoms with E-state index in [4.69, 9.17) is 5.73 Å². The van der Waals surface area contributed by atoms with Crippen molar-refractivity contribution in [1.29, 1.82) is 0 Å². The van der Waals surface area contributed by atoms with Crippen LogP contribution >= 0.6 is 0 Å². The number of nitrogen functional groups attached to an aromatic ring is 1. The molecule has 0 unspecified atom stereocenters. The predicted octanol–water partition coefficient (Wildman–Crippen LogP) is 1.67. The lowest BCUT2D eigenvalue weighted by atomic mass is 10.1. The minimum atomic E-state index is -0.0261. The van der Waals surface area contributed by atoms with E-state index in [9.17, 15) is 4.79 Å². The third-order valence-corrected chi connectivity index (χ3v) is 2.78. The first kappa shape index (κ1) is 13.1. The number of anilines is 2. The van der Waals surface area contributed by atoms with Gasteiger partial charge in [0, 0.05) is 42.5 Å². The molecule has 1 heterocycles. The standard InChI is InChI=1S/C14H18N4O/c1-9-7-14(17-6-5-16-10(2)19)12-8-11(15)3-4-13(12)18-9/h3-4,7-8H,5-6,15H2,1-2H3,(H,16,19)(H,17,18). The molecule has 1 aromatic heterocycles. The molecule has 0 atom stereocenters. The molecule has 100 valence electrons. The molecule has 0 radical (unpaired) electrons. The number of carbonyl (C=O) groups excluding carboxylic acids is 1. The highest BCUT2D eigenvalue weighted by Crippen LogP contribution is 2.24. The molecule has 0 aliphatic rings. The number of carbonyl (C=O) groups is 1. The Morgan fingerprint density at radius 1 is 1.32 bits per heavy atom. The Balaban J connectivity index is 2.21. The molecule has 5 nitrogen and oxygen atoms in total. The van der Waals surface area contributed by atoms with Gasteiger partial charge in [0.25, 0.3) is 0 Å². The summed E-state index contributed by atoms with van der Waals surface area (Å²) in [6, 6.07) is 7.64. The van der Waals surface area contributed by atoms with Crippen molar-refractivity contribution in [2.45, 2.75) is 13.8 Å². The third-order valence-electron chi connectivity index (χ3n) is 2.78. The van der Waals surface area contributed by atoms with Crippen LogP contribution in [0.25, 0.3) is 10.9 Å². The van der Waals surface area contributed by atoms with E-state index in [1.807, 2.05) is 31.2 Å². The fraction of sp³-hybridized carbons (Fsp3) is 0.286. The summed E-state index contributed by atoms with van der Waals surface area (Å²) in [6.07, 6.45) is 0. The summed E-state index contributed by atoms with van der Waals surface area (Å²) in [4.78, 5) is 15.3. The largest absolute Gasteiger partial charge is 0.399 e. The summed E-state index contributed by atoms with van der Waals surface area (Å²) < 4.78 is 0. The topological polar surface area (TPSA) is 80.0 Å². The van der Waals surface area contributed by atoms with E-state index in [-0.39, 0.29) is 5.91 Å². The number of nitrogens with zero attached hydrogens (tertiary/aromatic N) is 1. The van der Waals surface area contributed by atoms with Crippen molar-refractivity contribution in [3.63, 3.8) is 0 Å². The molecule has 5 heteroatoms. The number of hydrogen-bond acceptors (Lipinski definition) is 4. The van der Waals surface area contributed by atoms with Crippen LogP contribution in [0.3, 0.4) is 0 Å². The van der Waals surface area contributed by atoms with E-state index < -0.39 is 0 Å². The second-order valence-electron chi connectivity index (χ2n) is 4.50. The third kappa shape index (κ3) is 3.34. The number of benzene rings is 1. The number of amides is 1. The second-order valence-corrected chi connectivity index (χ2v) is 4.50. The smallest absolute Gasteiger partial charge is 0.216 e. The van der Waals surface area contributed by atoms with Gasteiger partial charge in [-0.15, -0.1) is 0 Å². The van der Waals surface area contributed by atoms with Crippen LogP contribution in [0.15, 0.2) is 24.3 Å². The molecular formula is C14H18N4O. The molecule has 1 amide bonds. The van der Waals surface area contributed by atoms with E-state index in [2.05, 4.69) is 15.6 Å². The van der Waals surface area contributed by atoms with Crippen molar-refractivity contribution in [1.82, 2.24) is 10.3 Å². The Kier molecular flexibility index (Phi) is 3.85. The lowest BCUT2D eigenvalue weighted by molar-refractivity contribution is -0.118. The van der Waals surface area contributed by atoms with E-state index in [0.717, 1.165) is 22.3 Å². The normalized spacial score (nSPS) is 10.4. The number of hydrogen-bond donors (Lipinski definition) is 3. The van der Waals surface area contributed by atoms with E-state index in [1.54, 1.807) is 0 Å².